The molecule has 0 saturated carbocycles. The molecular formula is C27H26CrN2O6. The first-order chi connectivity index (χ1) is 17.4. The molecule has 0 bridgehead atoms. The molecule has 0 radical (unpaired) electrons. The molecule has 1 aliphatic heterocycles. The number of benzene rings is 2. The molecule has 3 atom stereocenters. The van der Waals surface area contributed by atoms with E-state index in [1.54, 1.807) is 11.8 Å². The Balaban J connectivity index is 0. The summed E-state index contributed by atoms with van der Waals surface area (Å²) in [4.78, 5) is 28.6. The van der Waals surface area contributed by atoms with Gasteiger partial charge in [0.1, 0.15) is 0 Å². The zero-order valence-corrected chi connectivity index (χ0v) is 21.4. The minimum absolute atomic E-state index is 0.00950. The maximum absolute atomic E-state index is 13.0. The third-order valence-electron chi connectivity index (χ3n) is 5.49. The molecule has 3 rings (SSSR count). The quantitative estimate of drug-likeness (QED) is 0.398. The van der Waals surface area contributed by atoms with Gasteiger partial charge in [-0.3, -0.25) is 0 Å². The van der Waals surface area contributed by atoms with E-state index >= 15 is 0 Å². The molecule has 2 aromatic carbocycles. The van der Waals surface area contributed by atoms with E-state index in [0.717, 1.165) is 15.6 Å². The zero-order valence-electron chi connectivity index (χ0n) is 20.2. The number of nitrogens with zero attached hydrogens (tertiary/aromatic N) is 2. The van der Waals surface area contributed by atoms with Gasteiger partial charge < -0.3 is 0 Å². The second-order valence-corrected chi connectivity index (χ2v) is 8.21. The van der Waals surface area contributed by atoms with Gasteiger partial charge in [-0.1, -0.05) is 0 Å². The molecular weight excluding hydrogens is 500 g/mol. The summed E-state index contributed by atoms with van der Waals surface area (Å²) in [5.74, 6) is 0.194. The molecule has 186 valence electrons. The van der Waals surface area contributed by atoms with Crippen molar-refractivity contribution in [2.75, 3.05) is 7.05 Å². The molecule has 0 unspecified atom stereocenters. The normalized spacial score (nSPS) is 16.0. The number of carbonyl (C=O) groups excluding carboxylic acids is 2. The van der Waals surface area contributed by atoms with Crippen LogP contribution < -0.4 is 0 Å². The first-order valence-corrected chi connectivity index (χ1v) is 11.0. The van der Waals surface area contributed by atoms with Gasteiger partial charge in [0.05, 0.1) is 0 Å². The Kier molecular flexibility index (Phi) is 19.4. The summed E-state index contributed by atoms with van der Waals surface area (Å²) in [5, 5.41) is 0. The van der Waals surface area contributed by atoms with Crippen LogP contribution in [0.1, 0.15) is 49.8 Å². The molecule has 9 heteroatoms. The zero-order chi connectivity index (χ0) is 28.3. The van der Waals surface area contributed by atoms with Crippen LogP contribution in [-0.4, -0.2) is 39.2 Å². The van der Waals surface area contributed by atoms with E-state index < -0.39 is 0 Å². The number of amides is 2. The fraction of sp³-hybridized carbons (Fsp3) is 0.296. The molecule has 1 heterocycles. The van der Waals surface area contributed by atoms with Crippen molar-refractivity contribution in [3.8, 4) is 0 Å². The Bertz CT molecular complexity index is 1010. The summed E-state index contributed by atoms with van der Waals surface area (Å²) in [7, 11) is 1.85. The Morgan fingerprint density at radius 3 is 1.78 bits per heavy atom. The van der Waals surface area contributed by atoms with Gasteiger partial charge in [0.25, 0.3) is 0 Å². The molecule has 0 aliphatic carbocycles. The van der Waals surface area contributed by atoms with E-state index in [4.69, 9.17) is 18.6 Å². The van der Waals surface area contributed by atoms with Gasteiger partial charge in [-0.2, -0.15) is 0 Å². The summed E-state index contributed by atoms with van der Waals surface area (Å²) in [5.41, 5.74) is 2.23. The van der Waals surface area contributed by atoms with Crippen molar-refractivity contribution in [3.05, 3.63) is 98.4 Å². The van der Waals surface area contributed by atoms with Gasteiger partial charge in [0.2, 0.25) is 0 Å². The van der Waals surface area contributed by atoms with Crippen LogP contribution in [0, 0.1) is 26.6 Å². The van der Waals surface area contributed by atoms with Crippen LogP contribution in [0.2, 0.25) is 0 Å². The number of hydrogen-bond donors (Lipinski definition) is 0. The van der Waals surface area contributed by atoms with Crippen molar-refractivity contribution in [2.45, 2.75) is 44.7 Å². The monoisotopic (exact) mass is 526 g/mol. The predicted octanol–water partition coefficient (Wildman–Crippen LogP) is 4.16. The van der Waals surface area contributed by atoms with Gasteiger partial charge in [0.15, 0.2) is 0 Å². The fourth-order valence-electron chi connectivity index (χ4n) is 3.92. The number of hydrogen-bond acceptors (Lipinski definition) is 2. The summed E-state index contributed by atoms with van der Waals surface area (Å²) in [6.45, 7) is 21.7. The van der Waals surface area contributed by atoms with E-state index in [9.17, 15) is 9.59 Å². The predicted molar refractivity (Wildman–Crippen MR) is 123 cm³/mol. The van der Waals surface area contributed by atoms with E-state index in [0.29, 0.717) is 12.8 Å². The van der Waals surface area contributed by atoms with Crippen LogP contribution in [0.15, 0.2) is 60.7 Å². The van der Waals surface area contributed by atoms with Crippen LogP contribution in [0.3, 0.4) is 0 Å². The molecule has 1 aliphatic rings. The third-order valence-corrected chi connectivity index (χ3v) is 6.06. The van der Waals surface area contributed by atoms with E-state index in [1.165, 1.54) is 0 Å². The second kappa shape index (κ2) is 20.0. The number of rotatable bonds is 7. The molecule has 2 amide bonds. The maximum atomic E-state index is 13.0. The number of ketones is 1. The third kappa shape index (κ3) is 9.78. The van der Waals surface area contributed by atoms with Crippen LogP contribution in [-0.2, 0) is 39.3 Å². The molecule has 36 heavy (non-hydrogen) atoms. The van der Waals surface area contributed by atoms with Crippen LogP contribution in [0.5, 0.6) is 0 Å². The van der Waals surface area contributed by atoms with E-state index in [1.807, 2.05) is 48.3 Å². The van der Waals surface area contributed by atoms with Crippen molar-refractivity contribution in [2.24, 2.45) is 0 Å². The van der Waals surface area contributed by atoms with Gasteiger partial charge in [-0.05, 0) is 0 Å². The number of urea groups is 1. The fourth-order valence-corrected chi connectivity index (χ4v) is 4.53. The summed E-state index contributed by atoms with van der Waals surface area (Å²) < 4.78 is 30.9. The first kappa shape index (κ1) is 34.9. The molecule has 8 nitrogen and oxygen atoms in total. The van der Waals surface area contributed by atoms with E-state index in [2.05, 4.69) is 73.6 Å². The Hall–Kier alpha value is -3.26. The Labute approximate surface area is 220 Å². The Morgan fingerprint density at radius 1 is 0.889 bits per heavy atom. The SMILES string of the molecule is CC(=O)C[C@@H](C[C](=[Cr])N1C(=O)N(C)[C@@H](C)[C@H]1c1ccccc1)c1ccccc1.[C-]#[O+].[C-]#[O+].[C-]#[O+].[C-]#[O+]. The standard InChI is InChI=1S/C23H26N2O2.4CO.Cr/c1-17(26)16-21(19-10-6-4-7-11-19)14-15-25-22(18(2)24(3)23(25)27)20-12-8-5-9-13-20;4*1-2;/h4-13,18,21-22H,14,16H2,1-3H3;;;;;/t18-,21+,22-;;;;;/m0...../s1. The summed E-state index contributed by atoms with van der Waals surface area (Å²) >= 11 is 3.15. The van der Waals surface area contributed by atoms with Crippen molar-refractivity contribution in [1.29, 1.82) is 0 Å². The molecule has 2 aromatic rings. The summed E-state index contributed by atoms with van der Waals surface area (Å²) in [6.07, 6.45) is 1.08. The average molecular weight is 527 g/mol. The van der Waals surface area contributed by atoms with Crippen molar-refractivity contribution >= 4 is 16.3 Å². The second-order valence-electron chi connectivity index (χ2n) is 7.47. The molecule has 0 N–H and O–H groups in total. The van der Waals surface area contributed by atoms with Gasteiger partial charge in [-0.15, -0.1) is 0 Å². The topological polar surface area (TPSA) is 120 Å². The van der Waals surface area contributed by atoms with Crippen LogP contribution in [0.4, 0.5) is 4.79 Å². The molecule has 0 spiro atoms. The number of carbonyl (C=O) groups is 2. The van der Waals surface area contributed by atoms with E-state index in [-0.39, 0.29) is 29.8 Å². The average Bonchev–Trinajstić information content (AvgIpc) is 3.17. The van der Waals surface area contributed by atoms with Crippen LogP contribution >= 0.6 is 0 Å². The number of Topliss-reactive ketones (excluding diaryl/α,β-unsaturated/α-hetero) is 1. The molecule has 0 aromatic heterocycles. The van der Waals surface area contributed by atoms with Gasteiger partial charge in [0, 0.05) is 0 Å². The Morgan fingerprint density at radius 2 is 1.33 bits per heavy atom. The number of likely N-dealkylation sites (N-methyl/N-ethyl adjacent to an activating group) is 1. The summed E-state index contributed by atoms with van der Waals surface area (Å²) in [6, 6.07) is 20.2. The van der Waals surface area contributed by atoms with Gasteiger partial charge >= 0.3 is 220 Å². The molecule has 1 fully saturated rings. The first-order valence-electron chi connectivity index (χ1n) is 10.4. The van der Waals surface area contributed by atoms with Crippen molar-refractivity contribution < 1.29 is 44.0 Å². The minimum atomic E-state index is -0.0521. The van der Waals surface area contributed by atoms with Crippen LogP contribution in [0.25, 0.3) is 0 Å². The molecule has 1 saturated heterocycles. The van der Waals surface area contributed by atoms with Crippen molar-refractivity contribution in [3.63, 3.8) is 0 Å². The van der Waals surface area contributed by atoms with Gasteiger partial charge in [-0.25, -0.2) is 0 Å². The van der Waals surface area contributed by atoms with Crippen molar-refractivity contribution in [1.82, 2.24) is 9.80 Å².